The fourth-order valence-electron chi connectivity index (χ4n) is 3.21. The third kappa shape index (κ3) is 4.96. The van der Waals surface area contributed by atoms with Crippen LogP contribution in [0.3, 0.4) is 0 Å². The summed E-state index contributed by atoms with van der Waals surface area (Å²) < 4.78 is 1.57. The van der Waals surface area contributed by atoms with Gasteiger partial charge in [0.05, 0.1) is 21.8 Å². The summed E-state index contributed by atoms with van der Waals surface area (Å²) in [6.07, 6.45) is 0. The van der Waals surface area contributed by atoms with Gasteiger partial charge in [-0.25, -0.2) is 9.78 Å². The van der Waals surface area contributed by atoms with Gasteiger partial charge in [0, 0.05) is 6.54 Å². The molecule has 0 fully saturated rings. The summed E-state index contributed by atoms with van der Waals surface area (Å²) in [4.78, 5) is 42.4. The highest BCUT2D eigenvalue weighted by atomic mass is 32.2. The van der Waals surface area contributed by atoms with E-state index in [1.54, 1.807) is 36.6 Å². The van der Waals surface area contributed by atoms with Crippen LogP contribution in [0.2, 0.25) is 0 Å². The number of amides is 3. The van der Waals surface area contributed by atoms with Crippen molar-refractivity contribution in [1.29, 1.82) is 0 Å². The van der Waals surface area contributed by atoms with Crippen molar-refractivity contribution in [2.24, 2.45) is 0 Å². The van der Waals surface area contributed by atoms with Crippen LogP contribution in [-0.2, 0) is 4.79 Å². The van der Waals surface area contributed by atoms with Crippen LogP contribution < -0.4 is 16.2 Å². The van der Waals surface area contributed by atoms with Crippen molar-refractivity contribution in [3.8, 4) is 5.69 Å². The third-order valence-electron chi connectivity index (χ3n) is 4.77. The van der Waals surface area contributed by atoms with Crippen molar-refractivity contribution < 1.29 is 9.59 Å². The maximum absolute atomic E-state index is 13.5. The smallest absolute Gasteiger partial charge is 0.321 e. The molecule has 0 aliphatic carbocycles. The zero-order chi connectivity index (χ0) is 22.5. The molecule has 1 atom stereocenters. The van der Waals surface area contributed by atoms with E-state index in [4.69, 9.17) is 4.98 Å². The van der Waals surface area contributed by atoms with Gasteiger partial charge < -0.3 is 5.32 Å². The summed E-state index contributed by atoms with van der Waals surface area (Å²) in [7, 11) is 0. The molecule has 0 aliphatic rings. The maximum Gasteiger partial charge on any atom is 0.321 e. The lowest BCUT2D eigenvalue weighted by Crippen LogP contribution is -2.42. The molecule has 0 saturated heterocycles. The van der Waals surface area contributed by atoms with Crippen molar-refractivity contribution in [3.63, 3.8) is 0 Å². The first-order valence-electron chi connectivity index (χ1n) is 10.2. The number of hydrogen-bond acceptors (Lipinski definition) is 5. The number of thioether (sulfide) groups is 1. The molecule has 0 saturated carbocycles. The number of rotatable bonds is 6. The summed E-state index contributed by atoms with van der Waals surface area (Å²) in [6, 6.07) is 14.3. The van der Waals surface area contributed by atoms with E-state index in [1.165, 1.54) is 0 Å². The molecule has 2 N–H and O–H groups in total. The van der Waals surface area contributed by atoms with E-state index in [-0.39, 0.29) is 11.5 Å². The highest BCUT2D eigenvalue weighted by Crippen LogP contribution is 2.29. The van der Waals surface area contributed by atoms with Gasteiger partial charge >= 0.3 is 6.03 Å². The molecule has 31 heavy (non-hydrogen) atoms. The first-order chi connectivity index (χ1) is 14.8. The molecular weight excluding hydrogens is 412 g/mol. The number of urea groups is 1. The molecular formula is C23H26N4O3S. The molecule has 3 rings (SSSR count). The Morgan fingerprint density at radius 1 is 1.06 bits per heavy atom. The van der Waals surface area contributed by atoms with Gasteiger partial charge in [-0.15, -0.1) is 0 Å². The summed E-state index contributed by atoms with van der Waals surface area (Å²) in [5.41, 5.74) is 2.10. The number of nitrogens with one attached hydrogen (secondary N) is 2. The highest BCUT2D eigenvalue weighted by molar-refractivity contribution is 8.00. The summed E-state index contributed by atoms with van der Waals surface area (Å²) in [5.74, 6) is -0.270. The molecule has 1 heterocycles. The maximum atomic E-state index is 13.5. The molecule has 7 nitrogen and oxygen atoms in total. The van der Waals surface area contributed by atoms with Crippen LogP contribution in [0.1, 0.15) is 39.2 Å². The standard InChI is InChI=1S/C23H26N4O3S/c1-5-24-22(30)26-20(28)15(4)31-23-25-18-12-8-6-11-17(18)21(29)27(23)19-13-9-7-10-16(19)14(2)3/h6-15H,5H2,1-4H3,(H2,24,26,28,30). The number of imide groups is 1. The minimum atomic E-state index is -0.645. The van der Waals surface area contributed by atoms with Gasteiger partial charge in [0.15, 0.2) is 5.16 Å². The zero-order valence-electron chi connectivity index (χ0n) is 18.0. The predicted octanol–water partition coefficient (Wildman–Crippen LogP) is 3.84. The number of fused-ring (bicyclic) bond motifs is 1. The van der Waals surface area contributed by atoms with Crippen molar-refractivity contribution in [1.82, 2.24) is 20.2 Å². The average Bonchev–Trinajstić information content (AvgIpc) is 2.74. The Morgan fingerprint density at radius 2 is 1.74 bits per heavy atom. The first-order valence-corrected chi connectivity index (χ1v) is 11.1. The van der Waals surface area contributed by atoms with Gasteiger partial charge in [-0.1, -0.05) is 55.9 Å². The van der Waals surface area contributed by atoms with E-state index in [1.807, 2.05) is 30.3 Å². The number of carbonyl (C=O) groups is 2. The fourth-order valence-corrected chi connectivity index (χ4v) is 4.13. The summed E-state index contributed by atoms with van der Waals surface area (Å²) >= 11 is 1.14. The van der Waals surface area contributed by atoms with Crippen LogP contribution in [0.4, 0.5) is 4.79 Å². The van der Waals surface area contributed by atoms with E-state index in [0.717, 1.165) is 23.0 Å². The minimum Gasteiger partial charge on any atom is -0.338 e. The molecule has 162 valence electrons. The number of carbonyl (C=O) groups excluding carboxylic acids is 2. The Balaban J connectivity index is 2.11. The number of para-hydroxylation sites is 2. The lowest BCUT2D eigenvalue weighted by atomic mass is 10.0. The molecule has 0 spiro atoms. The Bertz CT molecular complexity index is 1170. The Kier molecular flexibility index (Phi) is 7.12. The quantitative estimate of drug-likeness (QED) is 0.451. The van der Waals surface area contributed by atoms with E-state index >= 15 is 0 Å². The van der Waals surface area contributed by atoms with E-state index in [2.05, 4.69) is 24.5 Å². The fraction of sp³-hybridized carbons (Fsp3) is 0.304. The highest BCUT2D eigenvalue weighted by Gasteiger charge is 2.22. The van der Waals surface area contributed by atoms with Gasteiger partial charge in [0.1, 0.15) is 0 Å². The number of nitrogens with zero attached hydrogens (tertiary/aromatic N) is 2. The average molecular weight is 439 g/mol. The summed E-state index contributed by atoms with van der Waals surface area (Å²) in [5, 5.41) is 5.11. The second-order valence-electron chi connectivity index (χ2n) is 7.37. The van der Waals surface area contributed by atoms with Crippen molar-refractivity contribution in [3.05, 3.63) is 64.4 Å². The molecule has 0 bridgehead atoms. The van der Waals surface area contributed by atoms with Gasteiger partial charge in [-0.05, 0) is 43.5 Å². The predicted molar refractivity (Wildman–Crippen MR) is 124 cm³/mol. The Morgan fingerprint density at radius 3 is 2.45 bits per heavy atom. The van der Waals surface area contributed by atoms with Gasteiger partial charge in [-0.2, -0.15) is 0 Å². The van der Waals surface area contributed by atoms with Crippen LogP contribution in [0.5, 0.6) is 0 Å². The third-order valence-corrected chi connectivity index (χ3v) is 5.82. The lowest BCUT2D eigenvalue weighted by Gasteiger charge is -2.19. The van der Waals surface area contributed by atoms with Gasteiger partial charge in [-0.3, -0.25) is 19.5 Å². The van der Waals surface area contributed by atoms with Crippen molar-refractivity contribution in [2.75, 3.05) is 6.54 Å². The second kappa shape index (κ2) is 9.78. The van der Waals surface area contributed by atoms with Crippen LogP contribution in [0.15, 0.2) is 58.5 Å². The van der Waals surface area contributed by atoms with E-state index in [9.17, 15) is 14.4 Å². The van der Waals surface area contributed by atoms with E-state index < -0.39 is 17.2 Å². The molecule has 0 radical (unpaired) electrons. The molecule has 2 aromatic carbocycles. The monoisotopic (exact) mass is 438 g/mol. The van der Waals surface area contributed by atoms with Crippen LogP contribution in [-0.4, -0.2) is 33.3 Å². The molecule has 1 unspecified atom stereocenters. The first kappa shape index (κ1) is 22.6. The lowest BCUT2D eigenvalue weighted by molar-refractivity contribution is -0.119. The molecule has 1 aromatic heterocycles. The van der Waals surface area contributed by atoms with Crippen LogP contribution >= 0.6 is 11.8 Å². The number of hydrogen-bond donors (Lipinski definition) is 2. The number of benzene rings is 2. The van der Waals surface area contributed by atoms with E-state index in [0.29, 0.717) is 22.6 Å². The topological polar surface area (TPSA) is 93.1 Å². The Hall–Kier alpha value is -3.13. The van der Waals surface area contributed by atoms with Gasteiger partial charge in [0.2, 0.25) is 5.91 Å². The Labute approximate surface area is 185 Å². The normalized spacial score (nSPS) is 12.0. The van der Waals surface area contributed by atoms with Gasteiger partial charge in [0.25, 0.3) is 5.56 Å². The van der Waals surface area contributed by atoms with Crippen LogP contribution in [0, 0.1) is 0 Å². The van der Waals surface area contributed by atoms with Crippen LogP contribution in [0.25, 0.3) is 16.6 Å². The number of aromatic nitrogens is 2. The largest absolute Gasteiger partial charge is 0.338 e. The summed E-state index contributed by atoms with van der Waals surface area (Å²) in [6.45, 7) is 7.99. The SMILES string of the molecule is CCNC(=O)NC(=O)C(C)Sc1nc2ccccc2c(=O)n1-c1ccccc1C(C)C. The minimum absolute atomic E-state index is 0.186. The molecule has 3 amide bonds. The second-order valence-corrected chi connectivity index (χ2v) is 8.68. The van der Waals surface area contributed by atoms with Crippen molar-refractivity contribution >= 4 is 34.6 Å². The zero-order valence-corrected chi connectivity index (χ0v) is 18.8. The van der Waals surface area contributed by atoms with Crippen molar-refractivity contribution in [2.45, 2.75) is 44.0 Å². The molecule has 3 aromatic rings. The molecule has 8 heteroatoms. The molecule has 0 aliphatic heterocycles.